The minimum atomic E-state index is -0.776. The Kier molecular flexibility index (Phi) is 56.2. The quantitative estimate of drug-likeness (QED) is 0.0261. The summed E-state index contributed by atoms with van der Waals surface area (Å²) in [5, 5.41) is 0. The normalized spacial score (nSPS) is 12.2. The number of carbonyl (C=O) groups is 3. The zero-order valence-corrected chi connectivity index (χ0v) is 46.3. The largest absolute Gasteiger partial charge is 0.462 e. The van der Waals surface area contributed by atoms with Gasteiger partial charge in [-0.05, 0) is 70.6 Å². The molecule has 0 aliphatic carbocycles. The van der Waals surface area contributed by atoms with Gasteiger partial charge >= 0.3 is 17.9 Å². The molecule has 0 rings (SSSR count). The number of ether oxygens (including phenoxy) is 3. The fraction of sp³-hybridized carbons (Fsp3) is 0.857. The molecule has 0 heterocycles. The van der Waals surface area contributed by atoms with E-state index in [2.05, 4.69) is 57.2 Å². The molecule has 0 spiro atoms. The van der Waals surface area contributed by atoms with E-state index in [4.69, 9.17) is 14.2 Å². The van der Waals surface area contributed by atoms with Gasteiger partial charge in [-0.2, -0.15) is 0 Å². The average molecular weight is 970 g/mol. The molecule has 6 heteroatoms. The molecule has 0 aliphatic rings. The Morgan fingerprint density at radius 2 is 0.536 bits per heavy atom. The second-order valence-corrected chi connectivity index (χ2v) is 20.6. The highest BCUT2D eigenvalue weighted by Gasteiger charge is 2.19. The monoisotopic (exact) mass is 969 g/mol. The Bertz CT molecular complexity index is 1160. The fourth-order valence-electron chi connectivity index (χ4n) is 8.99. The van der Waals surface area contributed by atoms with Crippen molar-refractivity contribution in [3.63, 3.8) is 0 Å². The molecule has 6 nitrogen and oxygen atoms in total. The van der Waals surface area contributed by atoms with Gasteiger partial charge in [-0.25, -0.2) is 0 Å². The minimum absolute atomic E-state index is 0.0739. The molecule has 0 radical (unpaired) electrons. The minimum Gasteiger partial charge on any atom is -0.462 e. The van der Waals surface area contributed by atoms with Crippen LogP contribution >= 0.6 is 0 Å². The lowest BCUT2D eigenvalue weighted by Gasteiger charge is -2.18. The summed E-state index contributed by atoms with van der Waals surface area (Å²) in [5.41, 5.74) is 0. The maximum Gasteiger partial charge on any atom is 0.306 e. The van der Waals surface area contributed by atoms with Crippen LogP contribution in [-0.4, -0.2) is 37.2 Å². The van der Waals surface area contributed by atoms with E-state index in [0.29, 0.717) is 19.3 Å². The van der Waals surface area contributed by atoms with E-state index >= 15 is 0 Å². The molecule has 0 fully saturated rings. The number of allylic oxidation sites excluding steroid dienone is 6. The molecule has 0 N–H and O–H groups in total. The SMILES string of the molecule is CCCC/C=C\C/C=C\CCCCCCCC(=O)OCC(COC(=O)CCCCCCCCCCC/C=C\CCCCCCCC)OC(=O)CCCCCCCCCCCCCCCCCCCC. The zero-order chi connectivity index (χ0) is 50.0. The summed E-state index contributed by atoms with van der Waals surface area (Å²) in [4.78, 5) is 38.2. The predicted molar refractivity (Wildman–Crippen MR) is 298 cm³/mol. The first kappa shape index (κ1) is 66.6. The summed E-state index contributed by atoms with van der Waals surface area (Å²) in [6.07, 6.45) is 69.9. The van der Waals surface area contributed by atoms with Gasteiger partial charge in [0.2, 0.25) is 0 Å². The van der Waals surface area contributed by atoms with E-state index in [1.165, 1.54) is 212 Å². The van der Waals surface area contributed by atoms with Gasteiger partial charge in [0.15, 0.2) is 6.10 Å². The maximum atomic E-state index is 12.9. The number of esters is 3. The topological polar surface area (TPSA) is 78.9 Å². The van der Waals surface area contributed by atoms with Crippen molar-refractivity contribution in [3.8, 4) is 0 Å². The van der Waals surface area contributed by atoms with Crippen molar-refractivity contribution in [1.29, 1.82) is 0 Å². The van der Waals surface area contributed by atoms with Gasteiger partial charge < -0.3 is 14.2 Å². The molecule has 0 aromatic heterocycles. The molecule has 0 saturated carbocycles. The second kappa shape index (κ2) is 58.2. The third kappa shape index (κ3) is 56.4. The zero-order valence-electron chi connectivity index (χ0n) is 46.3. The van der Waals surface area contributed by atoms with E-state index in [-0.39, 0.29) is 31.1 Å². The molecule has 0 bridgehead atoms. The van der Waals surface area contributed by atoms with Gasteiger partial charge in [0.25, 0.3) is 0 Å². The van der Waals surface area contributed by atoms with E-state index < -0.39 is 6.10 Å². The van der Waals surface area contributed by atoms with Crippen LogP contribution in [0, 0.1) is 0 Å². The Hall–Kier alpha value is -2.37. The average Bonchev–Trinajstić information content (AvgIpc) is 3.35. The molecule has 0 aromatic rings. The summed E-state index contributed by atoms with van der Waals surface area (Å²) in [7, 11) is 0. The Balaban J connectivity index is 4.33. The number of hydrogen-bond donors (Lipinski definition) is 0. The molecule has 0 saturated heterocycles. The molecule has 0 aliphatic heterocycles. The van der Waals surface area contributed by atoms with Crippen LogP contribution in [0.4, 0.5) is 0 Å². The highest BCUT2D eigenvalue weighted by molar-refractivity contribution is 5.71. The van der Waals surface area contributed by atoms with Crippen LogP contribution in [0.25, 0.3) is 0 Å². The standard InChI is InChI=1S/C63H116O6/c1-4-7-10-13-16-19-22-25-28-30-32-34-35-38-41-44-47-50-53-56-62(65)68-59-60(58-67-61(64)55-52-49-46-43-40-37-27-24-21-18-15-12-9-6-3)69-63(66)57-54-51-48-45-42-39-36-33-31-29-26-23-20-17-14-11-8-5-2/h15,18,24-25,27-28,60H,4-14,16-17,19-23,26,29-59H2,1-3H3/b18-15-,27-24-,28-25-. The number of unbranched alkanes of at least 4 members (excludes halogenated alkanes) is 39. The Morgan fingerprint density at radius 3 is 0.855 bits per heavy atom. The van der Waals surface area contributed by atoms with Crippen molar-refractivity contribution in [2.45, 2.75) is 335 Å². The van der Waals surface area contributed by atoms with Crippen LogP contribution < -0.4 is 0 Å². The summed E-state index contributed by atoms with van der Waals surface area (Å²) >= 11 is 0. The van der Waals surface area contributed by atoms with Crippen molar-refractivity contribution in [1.82, 2.24) is 0 Å². The van der Waals surface area contributed by atoms with E-state index in [9.17, 15) is 14.4 Å². The van der Waals surface area contributed by atoms with E-state index in [1.54, 1.807) is 0 Å². The van der Waals surface area contributed by atoms with Crippen LogP contribution in [0.1, 0.15) is 329 Å². The molecular weight excluding hydrogens is 853 g/mol. The van der Waals surface area contributed by atoms with E-state index in [0.717, 1.165) is 77.0 Å². The van der Waals surface area contributed by atoms with Crippen LogP contribution in [0.5, 0.6) is 0 Å². The van der Waals surface area contributed by atoms with Crippen molar-refractivity contribution in [3.05, 3.63) is 36.5 Å². The molecule has 404 valence electrons. The third-order valence-electron chi connectivity index (χ3n) is 13.6. The lowest BCUT2D eigenvalue weighted by Crippen LogP contribution is -2.30. The number of rotatable bonds is 56. The van der Waals surface area contributed by atoms with E-state index in [1.807, 2.05) is 0 Å². The first-order chi connectivity index (χ1) is 34.0. The lowest BCUT2D eigenvalue weighted by molar-refractivity contribution is -0.167. The molecule has 0 aromatic carbocycles. The molecule has 0 amide bonds. The lowest BCUT2D eigenvalue weighted by atomic mass is 10.0. The maximum absolute atomic E-state index is 12.9. The van der Waals surface area contributed by atoms with Crippen molar-refractivity contribution < 1.29 is 28.6 Å². The van der Waals surface area contributed by atoms with Gasteiger partial charge in [-0.3, -0.25) is 14.4 Å². The molecule has 69 heavy (non-hydrogen) atoms. The van der Waals surface area contributed by atoms with Gasteiger partial charge in [0.05, 0.1) is 0 Å². The molecule has 1 atom stereocenters. The molecule has 1 unspecified atom stereocenters. The molecular formula is C63H116O6. The predicted octanol–water partition coefficient (Wildman–Crippen LogP) is 20.4. The van der Waals surface area contributed by atoms with Crippen LogP contribution in [0.3, 0.4) is 0 Å². The summed E-state index contributed by atoms with van der Waals surface area (Å²) < 4.78 is 16.9. The number of carbonyl (C=O) groups excluding carboxylic acids is 3. The van der Waals surface area contributed by atoms with Crippen LogP contribution in [0.15, 0.2) is 36.5 Å². The van der Waals surface area contributed by atoms with Gasteiger partial charge in [0.1, 0.15) is 13.2 Å². The highest BCUT2D eigenvalue weighted by atomic mass is 16.6. The van der Waals surface area contributed by atoms with Gasteiger partial charge in [-0.15, -0.1) is 0 Å². The first-order valence-electron chi connectivity index (χ1n) is 30.5. The second-order valence-electron chi connectivity index (χ2n) is 20.6. The fourth-order valence-corrected chi connectivity index (χ4v) is 8.99. The smallest absolute Gasteiger partial charge is 0.306 e. The number of hydrogen-bond acceptors (Lipinski definition) is 6. The van der Waals surface area contributed by atoms with Crippen molar-refractivity contribution >= 4 is 17.9 Å². The van der Waals surface area contributed by atoms with Crippen molar-refractivity contribution in [2.75, 3.05) is 13.2 Å². The van der Waals surface area contributed by atoms with Crippen LogP contribution in [-0.2, 0) is 28.6 Å². The van der Waals surface area contributed by atoms with Gasteiger partial charge in [-0.1, -0.05) is 276 Å². The summed E-state index contributed by atoms with van der Waals surface area (Å²) in [5.74, 6) is -0.869. The van der Waals surface area contributed by atoms with Crippen LogP contribution in [0.2, 0.25) is 0 Å². The highest BCUT2D eigenvalue weighted by Crippen LogP contribution is 2.17. The third-order valence-corrected chi connectivity index (χ3v) is 13.6. The Morgan fingerprint density at radius 1 is 0.290 bits per heavy atom. The van der Waals surface area contributed by atoms with Crippen molar-refractivity contribution in [2.24, 2.45) is 0 Å². The summed E-state index contributed by atoms with van der Waals surface area (Å²) in [6, 6.07) is 0. The van der Waals surface area contributed by atoms with Gasteiger partial charge in [0, 0.05) is 19.3 Å². The summed E-state index contributed by atoms with van der Waals surface area (Å²) in [6.45, 7) is 6.63. The first-order valence-corrected chi connectivity index (χ1v) is 30.5. The Labute approximate surface area is 429 Å².